The van der Waals surface area contributed by atoms with Gasteiger partial charge in [0.25, 0.3) is 5.91 Å². The molecule has 24 heavy (non-hydrogen) atoms. The number of aryl methyl sites for hydroxylation is 4. The molecule has 0 unspecified atom stereocenters. The fourth-order valence-electron chi connectivity index (χ4n) is 3.42. The molecule has 0 saturated carbocycles. The summed E-state index contributed by atoms with van der Waals surface area (Å²) < 4.78 is 5.79. The maximum atomic E-state index is 12.3. The zero-order chi connectivity index (χ0) is 17.1. The second-order valence-electron chi connectivity index (χ2n) is 6.55. The molecule has 0 spiro atoms. The van der Waals surface area contributed by atoms with Crippen LogP contribution in [-0.2, 0) is 17.6 Å². The van der Waals surface area contributed by atoms with Crippen LogP contribution in [0, 0.1) is 20.8 Å². The van der Waals surface area contributed by atoms with Crippen molar-refractivity contribution in [2.24, 2.45) is 0 Å². The largest absolute Gasteiger partial charge is 0.483 e. The van der Waals surface area contributed by atoms with Crippen molar-refractivity contribution in [2.45, 2.75) is 46.5 Å². The summed E-state index contributed by atoms with van der Waals surface area (Å²) in [6.07, 6.45) is 6.08. The quantitative estimate of drug-likeness (QED) is 0.928. The highest BCUT2D eigenvalue weighted by molar-refractivity contribution is 5.93. The Labute approximate surface area is 143 Å². The molecule has 0 aliphatic heterocycles. The van der Waals surface area contributed by atoms with E-state index < -0.39 is 0 Å². The number of fused-ring (bicyclic) bond motifs is 1. The van der Waals surface area contributed by atoms with Gasteiger partial charge in [0, 0.05) is 23.1 Å². The van der Waals surface area contributed by atoms with Crippen molar-refractivity contribution in [3.05, 3.63) is 52.3 Å². The fraction of sp³-hybridized carbons (Fsp3) is 0.400. The van der Waals surface area contributed by atoms with Gasteiger partial charge in [-0.25, -0.2) is 0 Å². The third kappa shape index (κ3) is 3.58. The molecule has 2 aromatic rings. The average molecular weight is 324 g/mol. The van der Waals surface area contributed by atoms with Gasteiger partial charge in [-0.05, 0) is 63.6 Å². The molecule has 1 aliphatic carbocycles. The van der Waals surface area contributed by atoms with Crippen LogP contribution < -0.4 is 10.1 Å². The lowest BCUT2D eigenvalue weighted by molar-refractivity contribution is -0.118. The fourth-order valence-corrected chi connectivity index (χ4v) is 3.42. The zero-order valence-electron chi connectivity index (χ0n) is 14.6. The molecule has 1 aromatic carbocycles. The molecule has 1 amide bonds. The summed E-state index contributed by atoms with van der Waals surface area (Å²) in [6.45, 7) is 6.09. The number of pyridine rings is 1. The summed E-state index contributed by atoms with van der Waals surface area (Å²) in [5, 5.41) is 2.98. The minimum absolute atomic E-state index is 0.0171. The maximum absolute atomic E-state index is 12.3. The van der Waals surface area contributed by atoms with E-state index in [0.717, 1.165) is 47.5 Å². The van der Waals surface area contributed by atoms with Crippen LogP contribution in [0.1, 0.15) is 40.8 Å². The first-order valence-electron chi connectivity index (χ1n) is 8.52. The third-order valence-electron chi connectivity index (χ3n) is 4.49. The van der Waals surface area contributed by atoms with E-state index in [-0.39, 0.29) is 12.5 Å². The number of carbonyl (C=O) groups excluding carboxylic acids is 1. The molecule has 0 saturated heterocycles. The van der Waals surface area contributed by atoms with Crippen LogP contribution in [0.15, 0.2) is 24.4 Å². The van der Waals surface area contributed by atoms with Crippen molar-refractivity contribution >= 4 is 11.6 Å². The predicted molar refractivity (Wildman–Crippen MR) is 95.7 cm³/mol. The molecular weight excluding hydrogens is 300 g/mol. The highest BCUT2D eigenvalue weighted by Crippen LogP contribution is 2.28. The number of anilines is 1. The molecule has 4 heteroatoms. The Morgan fingerprint density at radius 1 is 1.17 bits per heavy atom. The maximum Gasteiger partial charge on any atom is 0.262 e. The van der Waals surface area contributed by atoms with Gasteiger partial charge < -0.3 is 10.1 Å². The van der Waals surface area contributed by atoms with Gasteiger partial charge in [0.2, 0.25) is 0 Å². The highest BCUT2D eigenvalue weighted by Gasteiger charge is 2.16. The highest BCUT2D eigenvalue weighted by atomic mass is 16.5. The second kappa shape index (κ2) is 7.04. The summed E-state index contributed by atoms with van der Waals surface area (Å²) in [5.74, 6) is 0.665. The molecule has 3 rings (SSSR count). The molecule has 4 nitrogen and oxygen atoms in total. The van der Waals surface area contributed by atoms with Gasteiger partial charge in [-0.1, -0.05) is 17.7 Å². The Morgan fingerprint density at radius 3 is 2.62 bits per heavy atom. The number of amides is 1. The SMILES string of the molecule is Cc1cc(C)c(NC(=O)COc2ccnc3c2CCCC3)c(C)c1. The van der Waals surface area contributed by atoms with Gasteiger partial charge >= 0.3 is 0 Å². The van der Waals surface area contributed by atoms with Crippen LogP contribution in [0.2, 0.25) is 0 Å². The van der Waals surface area contributed by atoms with E-state index in [1.165, 1.54) is 17.5 Å². The van der Waals surface area contributed by atoms with Gasteiger partial charge in [0.1, 0.15) is 5.75 Å². The molecule has 1 aromatic heterocycles. The first-order valence-corrected chi connectivity index (χ1v) is 8.52. The van der Waals surface area contributed by atoms with E-state index in [4.69, 9.17) is 4.74 Å². The first-order chi connectivity index (χ1) is 11.5. The molecule has 0 fully saturated rings. The summed E-state index contributed by atoms with van der Waals surface area (Å²) in [6, 6.07) is 6.01. The van der Waals surface area contributed by atoms with Crippen molar-refractivity contribution in [3.8, 4) is 5.75 Å². The van der Waals surface area contributed by atoms with Crippen LogP contribution >= 0.6 is 0 Å². The van der Waals surface area contributed by atoms with Crippen molar-refractivity contribution < 1.29 is 9.53 Å². The standard InChI is InChI=1S/C20H24N2O2/c1-13-10-14(2)20(15(3)11-13)22-19(23)12-24-18-8-9-21-17-7-5-4-6-16(17)18/h8-11H,4-7,12H2,1-3H3,(H,22,23). The van der Waals surface area contributed by atoms with Crippen LogP contribution in [0.5, 0.6) is 5.75 Å². The molecular formula is C20H24N2O2. The number of hydrogen-bond acceptors (Lipinski definition) is 3. The normalized spacial score (nSPS) is 13.3. The lowest BCUT2D eigenvalue weighted by Gasteiger charge is -2.18. The van der Waals surface area contributed by atoms with E-state index in [9.17, 15) is 4.79 Å². The van der Waals surface area contributed by atoms with Crippen molar-refractivity contribution in [2.75, 3.05) is 11.9 Å². The van der Waals surface area contributed by atoms with E-state index >= 15 is 0 Å². The number of nitrogens with one attached hydrogen (secondary N) is 1. The minimum atomic E-state index is -0.133. The minimum Gasteiger partial charge on any atom is -0.483 e. The third-order valence-corrected chi connectivity index (χ3v) is 4.49. The van der Waals surface area contributed by atoms with Gasteiger partial charge in [-0.3, -0.25) is 9.78 Å². The number of aromatic nitrogens is 1. The van der Waals surface area contributed by atoms with E-state index in [0.29, 0.717) is 0 Å². The summed E-state index contributed by atoms with van der Waals surface area (Å²) in [7, 11) is 0. The van der Waals surface area contributed by atoms with Crippen LogP contribution in [0.4, 0.5) is 5.69 Å². The summed E-state index contributed by atoms with van der Waals surface area (Å²) in [4.78, 5) is 16.7. The topological polar surface area (TPSA) is 51.2 Å². The van der Waals surface area contributed by atoms with Crippen LogP contribution in [-0.4, -0.2) is 17.5 Å². The number of hydrogen-bond donors (Lipinski definition) is 1. The van der Waals surface area contributed by atoms with Crippen molar-refractivity contribution in [1.29, 1.82) is 0 Å². The average Bonchev–Trinajstić information content (AvgIpc) is 2.56. The zero-order valence-corrected chi connectivity index (χ0v) is 14.6. The Hall–Kier alpha value is -2.36. The number of carbonyl (C=O) groups is 1. The van der Waals surface area contributed by atoms with Gasteiger partial charge in [-0.2, -0.15) is 0 Å². The second-order valence-corrected chi connectivity index (χ2v) is 6.55. The number of rotatable bonds is 4. The molecule has 0 bridgehead atoms. The molecule has 0 radical (unpaired) electrons. The monoisotopic (exact) mass is 324 g/mol. The molecule has 1 heterocycles. The molecule has 1 N–H and O–H groups in total. The summed E-state index contributed by atoms with van der Waals surface area (Å²) in [5.41, 5.74) is 6.50. The van der Waals surface area contributed by atoms with Crippen LogP contribution in [0.3, 0.4) is 0 Å². The Balaban J connectivity index is 1.67. The molecule has 1 aliphatic rings. The first kappa shape index (κ1) is 16.5. The van der Waals surface area contributed by atoms with Gasteiger partial charge in [-0.15, -0.1) is 0 Å². The number of ether oxygens (including phenoxy) is 1. The number of benzene rings is 1. The van der Waals surface area contributed by atoms with Gasteiger partial charge in [0.15, 0.2) is 6.61 Å². The van der Waals surface area contributed by atoms with E-state index in [1.54, 1.807) is 6.20 Å². The van der Waals surface area contributed by atoms with E-state index in [1.807, 2.05) is 19.9 Å². The lowest BCUT2D eigenvalue weighted by atomic mass is 9.95. The van der Waals surface area contributed by atoms with Gasteiger partial charge in [0.05, 0.1) is 0 Å². The Kier molecular flexibility index (Phi) is 4.84. The smallest absolute Gasteiger partial charge is 0.262 e. The Bertz CT molecular complexity index is 745. The summed E-state index contributed by atoms with van der Waals surface area (Å²) >= 11 is 0. The molecule has 0 atom stereocenters. The lowest BCUT2D eigenvalue weighted by Crippen LogP contribution is -2.22. The predicted octanol–water partition coefficient (Wildman–Crippen LogP) is 3.90. The van der Waals surface area contributed by atoms with Crippen molar-refractivity contribution in [3.63, 3.8) is 0 Å². The van der Waals surface area contributed by atoms with Crippen molar-refractivity contribution in [1.82, 2.24) is 4.98 Å². The molecule has 126 valence electrons. The Morgan fingerprint density at radius 2 is 1.88 bits per heavy atom. The number of nitrogens with zero attached hydrogens (tertiary/aromatic N) is 1. The van der Waals surface area contributed by atoms with E-state index in [2.05, 4.69) is 29.4 Å². The van der Waals surface area contributed by atoms with Crippen LogP contribution in [0.25, 0.3) is 0 Å².